The van der Waals surface area contributed by atoms with Gasteiger partial charge in [0.25, 0.3) is 0 Å². The molecule has 0 unspecified atom stereocenters. The minimum atomic E-state index is 0.167. The Balaban J connectivity index is 3.45. The Bertz CT molecular complexity index is 53.1. The van der Waals surface area contributed by atoms with Gasteiger partial charge < -0.3 is 0 Å². The van der Waals surface area contributed by atoms with E-state index in [-0.39, 0.29) is 5.54 Å². The first-order valence-electron chi connectivity index (χ1n) is 1.95. The molecule has 0 saturated heterocycles. The number of hydrogen-bond acceptors (Lipinski definition) is 1. The van der Waals surface area contributed by atoms with E-state index in [0.717, 1.165) is 0 Å². The Morgan fingerprint density at radius 3 is 1.50 bits per heavy atom. The molecule has 36 valence electrons. The zero-order valence-electron chi connectivity index (χ0n) is 4.45. The third-order valence-corrected chi connectivity index (χ3v) is 1.74. The van der Waals surface area contributed by atoms with E-state index in [1.165, 1.54) is 0 Å². The fourth-order valence-electron chi connectivity index (χ4n) is 0. The predicted molar refractivity (Wildman–Crippen MR) is 29.3 cm³/mol. The Kier molecular flexibility index (Phi) is 1.99. The van der Waals surface area contributed by atoms with Crippen LogP contribution in [0.15, 0.2) is 3.86 Å². The van der Waals surface area contributed by atoms with Crippen molar-refractivity contribution in [3.8, 4) is 0 Å². The van der Waals surface area contributed by atoms with Crippen LogP contribution in [0.4, 0.5) is 0 Å². The molecule has 0 radical (unpaired) electrons. The van der Waals surface area contributed by atoms with E-state index in [1.807, 2.05) is 16.7 Å². The van der Waals surface area contributed by atoms with Crippen molar-refractivity contribution in [1.29, 1.82) is 0 Å². The standard InChI is InChI=1S/C4H10AsN/c1-4(2,3)6-5/h5H,1-3H3. The van der Waals surface area contributed by atoms with Gasteiger partial charge in [-0.15, -0.1) is 0 Å². The van der Waals surface area contributed by atoms with Crippen molar-refractivity contribution in [3.63, 3.8) is 0 Å². The van der Waals surface area contributed by atoms with Crippen LogP contribution in [0.3, 0.4) is 0 Å². The van der Waals surface area contributed by atoms with Gasteiger partial charge in [-0.05, 0) is 0 Å². The Morgan fingerprint density at radius 1 is 1.33 bits per heavy atom. The summed E-state index contributed by atoms with van der Waals surface area (Å²) in [4.78, 5) is 0. The molecule has 0 aliphatic carbocycles. The summed E-state index contributed by atoms with van der Waals surface area (Å²) in [6, 6.07) is 0. The molecule has 0 aromatic heterocycles. The second-order valence-corrected chi connectivity index (χ2v) is 2.75. The molecule has 2 heteroatoms. The van der Waals surface area contributed by atoms with Crippen LogP contribution >= 0.6 is 0 Å². The Hall–Kier alpha value is 0.358. The van der Waals surface area contributed by atoms with Crippen LogP contribution in [0.2, 0.25) is 0 Å². The van der Waals surface area contributed by atoms with Crippen molar-refractivity contribution < 1.29 is 0 Å². The molecule has 0 heterocycles. The second kappa shape index (κ2) is 1.88. The quantitative estimate of drug-likeness (QED) is 0.451. The number of nitrogens with zero attached hydrogens (tertiary/aromatic N) is 1. The van der Waals surface area contributed by atoms with Gasteiger partial charge in [-0.2, -0.15) is 0 Å². The predicted octanol–water partition coefficient (Wildman–Crippen LogP) is 0.869. The number of rotatable bonds is 0. The molecule has 0 rings (SSSR count). The molecule has 0 aliphatic heterocycles. The van der Waals surface area contributed by atoms with E-state index in [9.17, 15) is 0 Å². The fraction of sp³-hybridized carbons (Fsp3) is 1.00. The van der Waals surface area contributed by atoms with Gasteiger partial charge in [-0.25, -0.2) is 0 Å². The second-order valence-electron chi connectivity index (χ2n) is 2.28. The summed E-state index contributed by atoms with van der Waals surface area (Å²) in [7, 11) is 0. The van der Waals surface area contributed by atoms with Crippen molar-refractivity contribution in [3.05, 3.63) is 0 Å². The average Bonchev–Trinajstić information content (AvgIpc) is 1.35. The molecule has 0 aromatic rings. The van der Waals surface area contributed by atoms with Crippen molar-refractivity contribution in [2.24, 2.45) is 3.86 Å². The summed E-state index contributed by atoms with van der Waals surface area (Å²) in [5.41, 5.74) is 0.167. The van der Waals surface area contributed by atoms with E-state index < -0.39 is 0 Å². The summed E-state index contributed by atoms with van der Waals surface area (Å²) in [5.74, 6) is 0. The maximum atomic E-state index is 4.02. The van der Waals surface area contributed by atoms with Crippen molar-refractivity contribution in [2.75, 3.05) is 0 Å². The first-order valence-corrected chi connectivity index (χ1v) is 2.89. The maximum absolute atomic E-state index is 4.02. The van der Waals surface area contributed by atoms with E-state index >= 15 is 0 Å². The molecule has 0 spiro atoms. The SMILES string of the molecule is CC(C)(C)N=[AsH]. The average molecular weight is 147 g/mol. The molecule has 0 fully saturated rings. The van der Waals surface area contributed by atoms with Crippen molar-refractivity contribution >= 4 is 16.7 Å². The van der Waals surface area contributed by atoms with E-state index in [4.69, 9.17) is 0 Å². The van der Waals surface area contributed by atoms with Crippen LogP contribution in [0.5, 0.6) is 0 Å². The van der Waals surface area contributed by atoms with Gasteiger partial charge in [0.2, 0.25) is 0 Å². The van der Waals surface area contributed by atoms with Crippen molar-refractivity contribution in [2.45, 2.75) is 26.3 Å². The van der Waals surface area contributed by atoms with E-state index in [0.29, 0.717) is 0 Å². The first-order chi connectivity index (χ1) is 2.56. The van der Waals surface area contributed by atoms with E-state index in [1.54, 1.807) is 0 Å². The summed E-state index contributed by atoms with van der Waals surface area (Å²) in [6.07, 6.45) is 0. The van der Waals surface area contributed by atoms with Crippen LogP contribution in [-0.4, -0.2) is 22.2 Å². The van der Waals surface area contributed by atoms with Gasteiger partial charge in [-0.3, -0.25) is 0 Å². The number of hydrogen-bond donors (Lipinski definition) is 0. The van der Waals surface area contributed by atoms with Gasteiger partial charge in [-0.1, -0.05) is 0 Å². The summed E-state index contributed by atoms with van der Waals surface area (Å²) in [5, 5.41) is 0. The fourth-order valence-corrected chi connectivity index (χ4v) is 0. The van der Waals surface area contributed by atoms with E-state index in [2.05, 4.69) is 24.6 Å². The topological polar surface area (TPSA) is 12.4 Å². The van der Waals surface area contributed by atoms with Crippen molar-refractivity contribution in [1.82, 2.24) is 0 Å². The van der Waals surface area contributed by atoms with Gasteiger partial charge >= 0.3 is 46.8 Å². The minimum absolute atomic E-state index is 0.167. The van der Waals surface area contributed by atoms with Crippen LogP contribution < -0.4 is 0 Å². The third-order valence-electron chi connectivity index (χ3n) is 0.335. The zero-order valence-corrected chi connectivity index (χ0v) is 6.55. The summed E-state index contributed by atoms with van der Waals surface area (Å²) < 4.78 is 4.02. The van der Waals surface area contributed by atoms with Crippen LogP contribution in [0.25, 0.3) is 0 Å². The molecule has 0 aliphatic rings. The van der Waals surface area contributed by atoms with Gasteiger partial charge in [0.1, 0.15) is 0 Å². The monoisotopic (exact) mass is 147 g/mol. The molecular weight excluding hydrogens is 137 g/mol. The molecule has 0 saturated carbocycles. The molecule has 0 N–H and O–H groups in total. The summed E-state index contributed by atoms with van der Waals surface area (Å²) >= 11 is 1.83. The third kappa shape index (κ3) is 4.36. The van der Waals surface area contributed by atoms with Gasteiger partial charge in [0.15, 0.2) is 0 Å². The molecule has 0 amide bonds. The first kappa shape index (κ1) is 6.36. The molecule has 0 bridgehead atoms. The Morgan fingerprint density at radius 2 is 1.50 bits per heavy atom. The molecule has 0 aromatic carbocycles. The molecule has 0 atom stereocenters. The molecular formula is C4H10AsN. The Labute approximate surface area is 47.4 Å². The zero-order chi connectivity index (χ0) is 5.21. The van der Waals surface area contributed by atoms with Gasteiger partial charge in [0.05, 0.1) is 0 Å². The molecule has 6 heavy (non-hydrogen) atoms. The van der Waals surface area contributed by atoms with Crippen LogP contribution in [-0.2, 0) is 0 Å². The normalized spacial score (nSPS) is 11.2. The van der Waals surface area contributed by atoms with Crippen LogP contribution in [0.1, 0.15) is 20.8 Å². The summed E-state index contributed by atoms with van der Waals surface area (Å²) in [6.45, 7) is 6.23. The molecule has 1 nitrogen and oxygen atoms in total. The van der Waals surface area contributed by atoms with Crippen LogP contribution in [0, 0.1) is 0 Å². The van der Waals surface area contributed by atoms with Gasteiger partial charge in [0, 0.05) is 0 Å².